The number of hydrogen-bond acceptors (Lipinski definition) is 2. The second kappa shape index (κ2) is 6.23. The molecular formula is C16H19ClN2O. The SMILES string of the molecule is CCc1c(Cl)nc2ccccc2c1C(=O)N(CC)CC. The van der Waals surface area contributed by atoms with Crippen LogP contribution >= 0.6 is 11.6 Å². The average molecular weight is 291 g/mol. The van der Waals surface area contributed by atoms with Crippen LogP contribution < -0.4 is 0 Å². The molecule has 106 valence electrons. The highest BCUT2D eigenvalue weighted by atomic mass is 35.5. The number of benzene rings is 1. The van der Waals surface area contributed by atoms with Crippen LogP contribution in [0.2, 0.25) is 5.15 Å². The normalized spacial score (nSPS) is 10.8. The van der Waals surface area contributed by atoms with Crippen molar-refractivity contribution in [2.75, 3.05) is 13.1 Å². The topological polar surface area (TPSA) is 33.2 Å². The summed E-state index contributed by atoms with van der Waals surface area (Å²) in [5.74, 6) is 0.0346. The third kappa shape index (κ3) is 2.50. The molecule has 1 aromatic carbocycles. The quantitative estimate of drug-likeness (QED) is 0.799. The maximum absolute atomic E-state index is 12.8. The molecule has 0 atom stereocenters. The number of fused-ring (bicyclic) bond motifs is 1. The van der Waals surface area contributed by atoms with E-state index < -0.39 is 0 Å². The Kier molecular flexibility index (Phi) is 4.61. The summed E-state index contributed by atoms with van der Waals surface area (Å²) in [4.78, 5) is 19.0. The molecule has 0 saturated carbocycles. The lowest BCUT2D eigenvalue weighted by Crippen LogP contribution is -2.31. The fourth-order valence-corrected chi connectivity index (χ4v) is 2.78. The smallest absolute Gasteiger partial charge is 0.254 e. The van der Waals surface area contributed by atoms with Gasteiger partial charge in [-0.15, -0.1) is 0 Å². The molecule has 1 amide bonds. The molecule has 1 heterocycles. The van der Waals surface area contributed by atoms with Crippen LogP contribution in [0.25, 0.3) is 10.9 Å². The monoisotopic (exact) mass is 290 g/mol. The molecule has 0 spiro atoms. The Labute approximate surface area is 124 Å². The lowest BCUT2D eigenvalue weighted by atomic mass is 10.0. The molecular weight excluding hydrogens is 272 g/mol. The molecule has 3 nitrogen and oxygen atoms in total. The van der Waals surface area contributed by atoms with Crippen LogP contribution in [0.3, 0.4) is 0 Å². The van der Waals surface area contributed by atoms with E-state index in [9.17, 15) is 4.79 Å². The first-order valence-electron chi connectivity index (χ1n) is 7.00. The summed E-state index contributed by atoms with van der Waals surface area (Å²) in [7, 11) is 0. The van der Waals surface area contributed by atoms with Gasteiger partial charge in [0, 0.05) is 24.0 Å². The van der Waals surface area contributed by atoms with Gasteiger partial charge in [0.1, 0.15) is 5.15 Å². The van der Waals surface area contributed by atoms with Crippen LogP contribution in [0.15, 0.2) is 24.3 Å². The summed E-state index contributed by atoms with van der Waals surface area (Å²) in [6.45, 7) is 7.34. The predicted octanol–water partition coefficient (Wildman–Crippen LogP) is 3.93. The average Bonchev–Trinajstić information content (AvgIpc) is 2.46. The molecule has 4 heteroatoms. The van der Waals surface area contributed by atoms with E-state index in [0.29, 0.717) is 30.2 Å². The highest BCUT2D eigenvalue weighted by Crippen LogP contribution is 2.28. The summed E-state index contributed by atoms with van der Waals surface area (Å²) >= 11 is 6.26. The number of carbonyl (C=O) groups excluding carboxylic acids is 1. The van der Waals surface area contributed by atoms with Crippen molar-refractivity contribution < 1.29 is 4.79 Å². The Morgan fingerprint density at radius 1 is 1.20 bits per heavy atom. The number of halogens is 1. The van der Waals surface area contributed by atoms with E-state index >= 15 is 0 Å². The van der Waals surface area contributed by atoms with E-state index in [-0.39, 0.29) is 5.91 Å². The lowest BCUT2D eigenvalue weighted by molar-refractivity contribution is 0.0774. The summed E-state index contributed by atoms with van der Waals surface area (Å²) < 4.78 is 0. The lowest BCUT2D eigenvalue weighted by Gasteiger charge is -2.21. The zero-order valence-corrected chi connectivity index (χ0v) is 12.9. The number of para-hydroxylation sites is 1. The van der Waals surface area contributed by atoms with Gasteiger partial charge in [-0.05, 0) is 26.3 Å². The largest absolute Gasteiger partial charge is 0.339 e. The zero-order chi connectivity index (χ0) is 14.7. The van der Waals surface area contributed by atoms with Crippen LogP contribution in [-0.4, -0.2) is 28.9 Å². The van der Waals surface area contributed by atoms with E-state index in [1.807, 2.05) is 49.9 Å². The van der Waals surface area contributed by atoms with Gasteiger partial charge in [-0.2, -0.15) is 0 Å². The molecule has 1 aromatic heterocycles. The van der Waals surface area contributed by atoms with Gasteiger partial charge in [-0.1, -0.05) is 36.7 Å². The molecule has 0 radical (unpaired) electrons. The highest BCUT2D eigenvalue weighted by molar-refractivity contribution is 6.31. The second-order valence-electron chi connectivity index (χ2n) is 4.60. The Bertz CT molecular complexity index is 636. The van der Waals surface area contributed by atoms with Gasteiger partial charge in [0.15, 0.2) is 0 Å². The van der Waals surface area contributed by atoms with E-state index in [0.717, 1.165) is 16.5 Å². The molecule has 2 aromatic rings. The van der Waals surface area contributed by atoms with Crippen molar-refractivity contribution in [2.45, 2.75) is 27.2 Å². The summed E-state index contributed by atoms with van der Waals surface area (Å²) in [5, 5.41) is 1.31. The first kappa shape index (κ1) is 14.8. The van der Waals surface area contributed by atoms with Crippen LogP contribution in [0, 0.1) is 0 Å². The predicted molar refractivity (Wildman–Crippen MR) is 83.4 cm³/mol. The van der Waals surface area contributed by atoms with Crippen LogP contribution in [0.1, 0.15) is 36.7 Å². The molecule has 2 rings (SSSR count). The van der Waals surface area contributed by atoms with Crippen molar-refractivity contribution in [3.8, 4) is 0 Å². The molecule has 0 bridgehead atoms. The van der Waals surface area contributed by atoms with Crippen LogP contribution in [0.4, 0.5) is 0 Å². The maximum atomic E-state index is 12.8. The molecule has 0 aliphatic heterocycles. The van der Waals surface area contributed by atoms with Crippen molar-refractivity contribution in [1.82, 2.24) is 9.88 Å². The van der Waals surface area contributed by atoms with Gasteiger partial charge in [-0.3, -0.25) is 4.79 Å². The van der Waals surface area contributed by atoms with Gasteiger partial charge in [-0.25, -0.2) is 4.98 Å². The molecule has 0 aliphatic carbocycles. The summed E-state index contributed by atoms with van der Waals surface area (Å²) in [6, 6.07) is 7.66. The molecule has 20 heavy (non-hydrogen) atoms. The standard InChI is InChI=1S/C16H19ClN2O/c1-4-11-14(16(20)19(5-2)6-3)12-9-7-8-10-13(12)18-15(11)17/h7-10H,4-6H2,1-3H3. The Hall–Kier alpha value is -1.61. The first-order chi connectivity index (χ1) is 9.63. The minimum absolute atomic E-state index is 0.0346. The van der Waals surface area contributed by atoms with Crippen molar-refractivity contribution in [3.05, 3.63) is 40.5 Å². The number of carbonyl (C=O) groups is 1. The number of aromatic nitrogens is 1. The summed E-state index contributed by atoms with van der Waals surface area (Å²) in [5.41, 5.74) is 2.30. The van der Waals surface area contributed by atoms with E-state index in [1.54, 1.807) is 0 Å². The number of amides is 1. The zero-order valence-electron chi connectivity index (χ0n) is 12.1. The van der Waals surface area contributed by atoms with Gasteiger partial charge in [0.2, 0.25) is 0 Å². The van der Waals surface area contributed by atoms with Crippen molar-refractivity contribution in [1.29, 1.82) is 0 Å². The highest BCUT2D eigenvalue weighted by Gasteiger charge is 2.21. The van der Waals surface area contributed by atoms with Crippen LogP contribution in [-0.2, 0) is 6.42 Å². The second-order valence-corrected chi connectivity index (χ2v) is 4.96. The Morgan fingerprint density at radius 2 is 1.85 bits per heavy atom. The fraction of sp³-hybridized carbons (Fsp3) is 0.375. The van der Waals surface area contributed by atoms with Crippen molar-refractivity contribution >= 4 is 28.4 Å². The van der Waals surface area contributed by atoms with E-state index in [4.69, 9.17) is 11.6 Å². The van der Waals surface area contributed by atoms with Gasteiger partial charge in [0.25, 0.3) is 5.91 Å². The van der Waals surface area contributed by atoms with E-state index in [1.165, 1.54) is 0 Å². The minimum Gasteiger partial charge on any atom is -0.339 e. The number of pyridine rings is 1. The number of rotatable bonds is 4. The molecule has 0 fully saturated rings. The van der Waals surface area contributed by atoms with Gasteiger partial charge >= 0.3 is 0 Å². The molecule has 0 N–H and O–H groups in total. The molecule has 0 aliphatic rings. The van der Waals surface area contributed by atoms with E-state index in [2.05, 4.69) is 4.98 Å². The summed E-state index contributed by atoms with van der Waals surface area (Å²) in [6.07, 6.45) is 0.693. The number of nitrogens with zero attached hydrogens (tertiary/aromatic N) is 2. The minimum atomic E-state index is 0.0346. The number of hydrogen-bond donors (Lipinski definition) is 0. The first-order valence-corrected chi connectivity index (χ1v) is 7.38. The Morgan fingerprint density at radius 3 is 2.45 bits per heavy atom. The maximum Gasteiger partial charge on any atom is 0.254 e. The van der Waals surface area contributed by atoms with Gasteiger partial charge < -0.3 is 4.90 Å². The Balaban J connectivity index is 2.74. The third-order valence-corrected chi connectivity index (χ3v) is 3.87. The van der Waals surface area contributed by atoms with Crippen LogP contribution in [0.5, 0.6) is 0 Å². The van der Waals surface area contributed by atoms with Crippen molar-refractivity contribution in [2.24, 2.45) is 0 Å². The fourth-order valence-electron chi connectivity index (χ4n) is 2.46. The molecule has 0 unspecified atom stereocenters. The van der Waals surface area contributed by atoms with Gasteiger partial charge in [0.05, 0.1) is 11.1 Å². The third-order valence-electron chi connectivity index (χ3n) is 3.56. The molecule has 0 saturated heterocycles. The van der Waals surface area contributed by atoms with Crippen molar-refractivity contribution in [3.63, 3.8) is 0 Å².